The molecule has 0 aliphatic carbocycles. The number of nitrogens with zero attached hydrogens (tertiary/aromatic N) is 1. The van der Waals surface area contributed by atoms with Crippen LogP contribution < -0.4 is 5.73 Å². The van der Waals surface area contributed by atoms with Gasteiger partial charge in [-0.05, 0) is 12.2 Å². The minimum atomic E-state index is -1.71. The van der Waals surface area contributed by atoms with Gasteiger partial charge in [0.05, 0.1) is 20.3 Å². The van der Waals surface area contributed by atoms with Crippen molar-refractivity contribution in [3.63, 3.8) is 0 Å². The summed E-state index contributed by atoms with van der Waals surface area (Å²) in [5.41, 5.74) is 5.47. The smallest absolute Gasteiger partial charge is 0.187 e. The summed E-state index contributed by atoms with van der Waals surface area (Å²) in [6.07, 6.45) is -13.7. The SMILES string of the molecule is CON(CCCSCCSCCN)[C@@H]1OC(CO)[C@@H](O[C@@H]2OC(CO)[C@H](O)C(O)[C@@H]2O)C(O)[C@@H]1O. The summed E-state index contributed by atoms with van der Waals surface area (Å²) in [4.78, 5) is 5.35. The maximum Gasteiger partial charge on any atom is 0.187 e. The number of hydroxylamine groups is 2. The Morgan fingerprint density at radius 2 is 1.46 bits per heavy atom. The minimum Gasteiger partial charge on any atom is -0.394 e. The van der Waals surface area contributed by atoms with Crippen molar-refractivity contribution in [3.05, 3.63) is 0 Å². The van der Waals surface area contributed by atoms with Gasteiger partial charge in [0.1, 0.15) is 48.8 Å². The molecule has 15 heteroatoms. The van der Waals surface area contributed by atoms with Crippen LogP contribution in [0, 0.1) is 0 Å². The molecule has 2 rings (SSSR count). The Kier molecular flexibility index (Phi) is 14.5. The minimum absolute atomic E-state index is 0.393. The van der Waals surface area contributed by atoms with Gasteiger partial charge in [-0.15, -0.1) is 0 Å². The first kappa shape index (κ1) is 31.4. The molecule has 0 aromatic heterocycles. The molecule has 35 heavy (non-hydrogen) atoms. The highest BCUT2D eigenvalue weighted by molar-refractivity contribution is 8.02. The molecule has 10 atom stereocenters. The molecule has 2 fully saturated rings. The summed E-state index contributed by atoms with van der Waals surface area (Å²) < 4.78 is 16.7. The molecule has 208 valence electrons. The highest BCUT2D eigenvalue weighted by Crippen LogP contribution is 2.30. The van der Waals surface area contributed by atoms with Crippen molar-refractivity contribution in [2.24, 2.45) is 5.73 Å². The summed E-state index contributed by atoms with van der Waals surface area (Å²) in [7, 11) is 1.41. The number of hydrogen-bond acceptors (Lipinski definition) is 15. The van der Waals surface area contributed by atoms with E-state index in [1.807, 2.05) is 0 Å². The maximum atomic E-state index is 10.8. The zero-order chi connectivity index (χ0) is 26.0. The number of hydrogen-bond donors (Lipinski definition) is 8. The van der Waals surface area contributed by atoms with Crippen molar-refractivity contribution < 1.29 is 54.8 Å². The van der Waals surface area contributed by atoms with Gasteiger partial charge >= 0.3 is 0 Å². The molecule has 0 saturated carbocycles. The van der Waals surface area contributed by atoms with Gasteiger partial charge in [0, 0.05) is 30.3 Å². The van der Waals surface area contributed by atoms with Crippen LogP contribution in [0.4, 0.5) is 0 Å². The molecule has 4 unspecified atom stereocenters. The number of aliphatic hydroxyl groups excluding tert-OH is 7. The zero-order valence-corrected chi connectivity index (χ0v) is 21.4. The Hall–Kier alpha value is 0.180. The van der Waals surface area contributed by atoms with Crippen LogP contribution in [0.1, 0.15) is 6.42 Å². The summed E-state index contributed by atoms with van der Waals surface area (Å²) in [5, 5.41) is 72.2. The van der Waals surface area contributed by atoms with Crippen molar-refractivity contribution in [1.29, 1.82) is 0 Å². The molecule has 2 aliphatic rings. The average Bonchev–Trinajstić information content (AvgIpc) is 2.86. The van der Waals surface area contributed by atoms with E-state index in [0.717, 1.165) is 29.4 Å². The van der Waals surface area contributed by atoms with E-state index in [2.05, 4.69) is 0 Å². The highest BCUT2D eigenvalue weighted by atomic mass is 32.2. The van der Waals surface area contributed by atoms with Crippen LogP contribution in [0.25, 0.3) is 0 Å². The molecular weight excluding hydrogens is 508 g/mol. The van der Waals surface area contributed by atoms with Gasteiger partial charge in [-0.25, -0.2) is 0 Å². The summed E-state index contributed by atoms with van der Waals surface area (Å²) >= 11 is 3.58. The maximum absolute atomic E-state index is 10.8. The van der Waals surface area contributed by atoms with Gasteiger partial charge in [-0.2, -0.15) is 28.6 Å². The Bertz CT molecular complexity index is 583. The normalized spacial score (nSPS) is 38.2. The van der Waals surface area contributed by atoms with Crippen molar-refractivity contribution in [3.8, 4) is 0 Å². The first-order valence-electron chi connectivity index (χ1n) is 11.5. The topological polar surface area (TPSA) is 208 Å². The van der Waals surface area contributed by atoms with E-state index in [1.165, 1.54) is 12.2 Å². The molecule has 2 heterocycles. The first-order valence-corrected chi connectivity index (χ1v) is 13.9. The third-order valence-corrected chi connectivity index (χ3v) is 8.14. The van der Waals surface area contributed by atoms with Gasteiger partial charge in [0.15, 0.2) is 12.5 Å². The largest absolute Gasteiger partial charge is 0.394 e. The van der Waals surface area contributed by atoms with Gasteiger partial charge in [-0.3, -0.25) is 4.84 Å². The van der Waals surface area contributed by atoms with Crippen molar-refractivity contribution in [2.45, 2.75) is 67.8 Å². The van der Waals surface area contributed by atoms with Crippen LogP contribution in [0.2, 0.25) is 0 Å². The molecule has 0 aromatic rings. The lowest BCUT2D eigenvalue weighted by Gasteiger charge is -2.47. The quantitative estimate of drug-likeness (QED) is 0.0731. The van der Waals surface area contributed by atoms with Gasteiger partial charge in [0.2, 0.25) is 0 Å². The predicted octanol–water partition coefficient (Wildman–Crippen LogP) is -3.71. The molecule has 0 radical (unpaired) electrons. The first-order chi connectivity index (χ1) is 16.8. The molecule has 2 aliphatic heterocycles. The van der Waals surface area contributed by atoms with E-state index in [9.17, 15) is 35.7 Å². The van der Waals surface area contributed by atoms with Gasteiger partial charge < -0.3 is 55.7 Å². The second-order valence-corrected chi connectivity index (χ2v) is 10.7. The Labute approximate surface area is 213 Å². The molecule has 0 aromatic carbocycles. The summed E-state index contributed by atoms with van der Waals surface area (Å²) in [5.74, 6) is 3.79. The third kappa shape index (κ3) is 8.59. The Morgan fingerprint density at radius 3 is 2.06 bits per heavy atom. The molecule has 0 amide bonds. The van der Waals surface area contributed by atoms with Gasteiger partial charge in [0.25, 0.3) is 0 Å². The summed E-state index contributed by atoms with van der Waals surface area (Å²) in [6.45, 7) is -0.201. The molecular formula is C20H40N2O11S2. The Morgan fingerprint density at radius 1 is 0.800 bits per heavy atom. The number of nitrogens with two attached hydrogens (primary N) is 1. The lowest BCUT2D eigenvalue weighted by atomic mass is 9.96. The Balaban J connectivity index is 1.93. The monoisotopic (exact) mass is 548 g/mol. The van der Waals surface area contributed by atoms with Crippen LogP contribution in [0.3, 0.4) is 0 Å². The molecule has 0 spiro atoms. The fourth-order valence-electron chi connectivity index (χ4n) is 3.86. The molecule has 13 nitrogen and oxygen atoms in total. The van der Waals surface area contributed by atoms with Crippen LogP contribution in [0.15, 0.2) is 0 Å². The van der Waals surface area contributed by atoms with E-state index in [4.69, 9.17) is 24.8 Å². The fraction of sp³-hybridized carbons (Fsp3) is 1.00. The average molecular weight is 549 g/mol. The molecule has 9 N–H and O–H groups in total. The number of ether oxygens (including phenoxy) is 3. The van der Waals surface area contributed by atoms with E-state index < -0.39 is 74.6 Å². The van der Waals surface area contributed by atoms with E-state index >= 15 is 0 Å². The van der Waals surface area contributed by atoms with Crippen molar-refractivity contribution in [1.82, 2.24) is 5.06 Å². The lowest BCUT2D eigenvalue weighted by molar-refractivity contribution is -0.366. The molecule has 2 saturated heterocycles. The van der Waals surface area contributed by atoms with Crippen molar-refractivity contribution in [2.75, 3.05) is 56.4 Å². The third-order valence-electron chi connectivity index (χ3n) is 5.80. The second-order valence-electron chi connectivity index (χ2n) is 8.22. The van der Waals surface area contributed by atoms with Crippen LogP contribution in [0.5, 0.6) is 0 Å². The summed E-state index contributed by atoms with van der Waals surface area (Å²) in [6, 6.07) is 0. The highest BCUT2D eigenvalue weighted by Gasteiger charge is 2.51. The zero-order valence-electron chi connectivity index (χ0n) is 19.7. The predicted molar refractivity (Wildman–Crippen MR) is 128 cm³/mol. The van der Waals surface area contributed by atoms with Crippen LogP contribution in [-0.4, -0.2) is 159 Å². The fourth-order valence-corrected chi connectivity index (χ4v) is 5.71. The van der Waals surface area contributed by atoms with Crippen molar-refractivity contribution >= 4 is 23.5 Å². The lowest BCUT2D eigenvalue weighted by Crippen LogP contribution is -2.66. The van der Waals surface area contributed by atoms with E-state index in [-0.39, 0.29) is 0 Å². The van der Waals surface area contributed by atoms with Crippen LogP contribution >= 0.6 is 23.5 Å². The second kappa shape index (κ2) is 16.2. The standard InChI is InChI=1S/C20H40N2O11S2/c1-30-22(4-2-5-34-7-8-35-6-3-21)19-16(28)15(27)18(12(10-24)31-19)33-20-17(29)14(26)13(25)11(9-23)32-20/h11-20,23-29H,2-10,21H2,1H3/t11?,12?,13-,14?,15?,16-,17-,18+,19+,20-/m0/s1. The number of thioether (sulfide) groups is 2. The number of aliphatic hydroxyl groups is 7. The van der Waals surface area contributed by atoms with E-state index in [1.54, 1.807) is 23.5 Å². The number of rotatable bonds is 15. The molecule has 0 bridgehead atoms. The van der Waals surface area contributed by atoms with Crippen LogP contribution in [-0.2, 0) is 19.0 Å². The van der Waals surface area contributed by atoms with Gasteiger partial charge in [-0.1, -0.05) is 0 Å². The van der Waals surface area contributed by atoms with E-state index in [0.29, 0.717) is 13.1 Å².